The van der Waals surface area contributed by atoms with Gasteiger partial charge in [0, 0.05) is 12.5 Å². The zero-order valence-electron chi connectivity index (χ0n) is 8.91. The Kier molecular flexibility index (Phi) is 6.72. The van der Waals surface area contributed by atoms with Crippen molar-refractivity contribution >= 4 is 11.9 Å². The molecule has 0 amide bonds. The standard InChI is InChI=1S/C11H18O3/c1-4-6-7-9(3)8-11(13)14-10(12)5-2/h5,9H,2,4,6-8H2,1,3H3. The molecular formula is C11H18O3. The molecule has 0 saturated heterocycles. The minimum Gasteiger partial charge on any atom is -0.390 e. The van der Waals surface area contributed by atoms with E-state index in [-0.39, 0.29) is 5.92 Å². The predicted molar refractivity (Wildman–Crippen MR) is 54.6 cm³/mol. The molecular weight excluding hydrogens is 180 g/mol. The SMILES string of the molecule is C=CC(=O)OC(=O)CC(C)CCCC. The molecule has 3 heteroatoms. The van der Waals surface area contributed by atoms with Crippen LogP contribution in [-0.4, -0.2) is 11.9 Å². The molecule has 80 valence electrons. The summed E-state index contributed by atoms with van der Waals surface area (Å²) in [5.41, 5.74) is 0. The fourth-order valence-electron chi connectivity index (χ4n) is 1.13. The Morgan fingerprint density at radius 1 is 1.50 bits per heavy atom. The highest BCUT2D eigenvalue weighted by Crippen LogP contribution is 2.12. The van der Waals surface area contributed by atoms with E-state index in [1.54, 1.807) is 0 Å². The molecule has 0 aromatic heterocycles. The average molecular weight is 198 g/mol. The second kappa shape index (κ2) is 7.30. The van der Waals surface area contributed by atoms with Crippen LogP contribution >= 0.6 is 0 Å². The van der Waals surface area contributed by atoms with Crippen LogP contribution in [0.5, 0.6) is 0 Å². The van der Waals surface area contributed by atoms with Crippen LogP contribution in [0.4, 0.5) is 0 Å². The van der Waals surface area contributed by atoms with Crippen molar-refractivity contribution in [1.82, 2.24) is 0 Å². The summed E-state index contributed by atoms with van der Waals surface area (Å²) in [5.74, 6) is -0.851. The summed E-state index contributed by atoms with van der Waals surface area (Å²) in [4.78, 5) is 21.8. The van der Waals surface area contributed by atoms with Gasteiger partial charge >= 0.3 is 11.9 Å². The summed E-state index contributed by atoms with van der Waals surface area (Å²) in [6.07, 6.45) is 4.51. The van der Waals surface area contributed by atoms with Crippen LogP contribution in [0.15, 0.2) is 12.7 Å². The number of esters is 2. The molecule has 0 aliphatic carbocycles. The monoisotopic (exact) mass is 198 g/mol. The van der Waals surface area contributed by atoms with E-state index in [4.69, 9.17) is 0 Å². The molecule has 1 unspecified atom stereocenters. The van der Waals surface area contributed by atoms with E-state index in [1.807, 2.05) is 6.92 Å². The van der Waals surface area contributed by atoms with Crippen LogP contribution < -0.4 is 0 Å². The summed E-state index contributed by atoms with van der Waals surface area (Å²) < 4.78 is 4.45. The van der Waals surface area contributed by atoms with Crippen molar-refractivity contribution in [3.05, 3.63) is 12.7 Å². The van der Waals surface area contributed by atoms with Crippen LogP contribution in [0.25, 0.3) is 0 Å². The van der Waals surface area contributed by atoms with E-state index < -0.39 is 11.9 Å². The Hall–Kier alpha value is -1.12. The Morgan fingerprint density at radius 2 is 2.14 bits per heavy atom. The topological polar surface area (TPSA) is 43.4 Å². The van der Waals surface area contributed by atoms with Crippen LogP contribution in [0, 0.1) is 5.92 Å². The highest BCUT2D eigenvalue weighted by molar-refractivity contribution is 5.91. The number of ether oxygens (including phenoxy) is 1. The van der Waals surface area contributed by atoms with Gasteiger partial charge < -0.3 is 4.74 Å². The first kappa shape index (κ1) is 12.9. The summed E-state index contributed by atoms with van der Waals surface area (Å²) >= 11 is 0. The van der Waals surface area contributed by atoms with Gasteiger partial charge in [0.25, 0.3) is 0 Å². The molecule has 0 saturated carbocycles. The molecule has 0 aliphatic heterocycles. The van der Waals surface area contributed by atoms with E-state index in [2.05, 4.69) is 18.2 Å². The molecule has 0 aromatic carbocycles. The van der Waals surface area contributed by atoms with Gasteiger partial charge in [-0.25, -0.2) is 4.79 Å². The molecule has 1 atom stereocenters. The fourth-order valence-corrected chi connectivity index (χ4v) is 1.13. The first-order chi connectivity index (χ1) is 6.60. The lowest BCUT2D eigenvalue weighted by molar-refractivity contribution is -0.156. The van der Waals surface area contributed by atoms with Crippen LogP contribution in [0.2, 0.25) is 0 Å². The largest absolute Gasteiger partial charge is 0.390 e. The third-order valence-electron chi connectivity index (χ3n) is 1.95. The minimum atomic E-state index is -0.669. The highest BCUT2D eigenvalue weighted by atomic mass is 16.6. The van der Waals surface area contributed by atoms with E-state index in [1.165, 1.54) is 0 Å². The molecule has 0 aromatic rings. The van der Waals surface area contributed by atoms with Gasteiger partial charge in [0.15, 0.2) is 0 Å². The van der Waals surface area contributed by atoms with Gasteiger partial charge in [-0.15, -0.1) is 0 Å². The van der Waals surface area contributed by atoms with Gasteiger partial charge in [0.1, 0.15) is 0 Å². The molecule has 0 spiro atoms. The lowest BCUT2D eigenvalue weighted by Gasteiger charge is -2.08. The first-order valence-electron chi connectivity index (χ1n) is 4.97. The lowest BCUT2D eigenvalue weighted by atomic mass is 10.0. The van der Waals surface area contributed by atoms with Crippen molar-refractivity contribution in [3.63, 3.8) is 0 Å². The van der Waals surface area contributed by atoms with E-state index in [0.717, 1.165) is 25.3 Å². The Morgan fingerprint density at radius 3 is 2.64 bits per heavy atom. The molecule has 0 aliphatic rings. The van der Waals surface area contributed by atoms with Crippen molar-refractivity contribution in [2.75, 3.05) is 0 Å². The zero-order valence-corrected chi connectivity index (χ0v) is 8.91. The third-order valence-corrected chi connectivity index (χ3v) is 1.95. The molecule has 14 heavy (non-hydrogen) atoms. The lowest BCUT2D eigenvalue weighted by Crippen LogP contribution is -2.13. The summed E-state index contributed by atoms with van der Waals surface area (Å²) in [6, 6.07) is 0. The Balaban J connectivity index is 3.70. The fraction of sp³-hybridized carbons (Fsp3) is 0.636. The molecule has 0 bridgehead atoms. The Bertz CT molecular complexity index is 209. The van der Waals surface area contributed by atoms with Gasteiger partial charge in [-0.2, -0.15) is 0 Å². The van der Waals surface area contributed by atoms with Gasteiger partial charge in [-0.3, -0.25) is 4.79 Å². The van der Waals surface area contributed by atoms with Crippen molar-refractivity contribution in [2.24, 2.45) is 5.92 Å². The maximum absolute atomic E-state index is 11.1. The van der Waals surface area contributed by atoms with E-state index in [9.17, 15) is 9.59 Å². The number of rotatable bonds is 6. The van der Waals surface area contributed by atoms with E-state index in [0.29, 0.717) is 6.42 Å². The molecule has 0 radical (unpaired) electrons. The smallest absolute Gasteiger partial charge is 0.337 e. The minimum absolute atomic E-state index is 0.278. The number of hydrogen-bond donors (Lipinski definition) is 0. The quantitative estimate of drug-likeness (QED) is 0.374. The normalized spacial score (nSPS) is 11.9. The van der Waals surface area contributed by atoms with Gasteiger partial charge in [-0.1, -0.05) is 39.7 Å². The van der Waals surface area contributed by atoms with Crippen molar-refractivity contribution < 1.29 is 14.3 Å². The summed E-state index contributed by atoms with van der Waals surface area (Å²) in [7, 11) is 0. The van der Waals surface area contributed by atoms with Crippen molar-refractivity contribution in [2.45, 2.75) is 39.5 Å². The first-order valence-corrected chi connectivity index (χ1v) is 4.97. The molecule has 0 rings (SSSR count). The van der Waals surface area contributed by atoms with Crippen LogP contribution in [-0.2, 0) is 14.3 Å². The average Bonchev–Trinajstić information content (AvgIpc) is 2.14. The third kappa shape index (κ3) is 6.40. The molecule has 0 N–H and O–H groups in total. The molecule has 0 fully saturated rings. The van der Waals surface area contributed by atoms with Crippen molar-refractivity contribution in [3.8, 4) is 0 Å². The highest BCUT2D eigenvalue weighted by Gasteiger charge is 2.11. The maximum atomic E-state index is 11.1. The second-order valence-electron chi connectivity index (χ2n) is 3.45. The van der Waals surface area contributed by atoms with Crippen LogP contribution in [0.1, 0.15) is 39.5 Å². The van der Waals surface area contributed by atoms with Crippen LogP contribution in [0.3, 0.4) is 0 Å². The molecule has 3 nitrogen and oxygen atoms in total. The Labute approximate surface area is 85.1 Å². The van der Waals surface area contributed by atoms with Gasteiger partial charge in [0.2, 0.25) is 0 Å². The summed E-state index contributed by atoms with van der Waals surface area (Å²) in [5, 5.41) is 0. The molecule has 0 heterocycles. The number of carbonyl (C=O) groups is 2. The zero-order chi connectivity index (χ0) is 11.0. The summed E-state index contributed by atoms with van der Waals surface area (Å²) in [6.45, 7) is 7.30. The number of hydrogen-bond acceptors (Lipinski definition) is 3. The predicted octanol–water partition coefficient (Wildman–Crippen LogP) is 2.46. The number of unbranched alkanes of at least 4 members (excludes halogenated alkanes) is 1. The van der Waals surface area contributed by atoms with Crippen molar-refractivity contribution in [1.29, 1.82) is 0 Å². The van der Waals surface area contributed by atoms with Gasteiger partial charge in [0.05, 0.1) is 0 Å². The number of carbonyl (C=O) groups excluding carboxylic acids is 2. The maximum Gasteiger partial charge on any atom is 0.337 e. The van der Waals surface area contributed by atoms with E-state index >= 15 is 0 Å². The second-order valence-corrected chi connectivity index (χ2v) is 3.45. The van der Waals surface area contributed by atoms with Gasteiger partial charge in [-0.05, 0) is 5.92 Å².